The number of hydrogen-bond donors (Lipinski definition) is 2. The molecule has 1 aliphatic carbocycles. The zero-order valence-electron chi connectivity index (χ0n) is 17.6. The maximum atomic E-state index is 12.3. The quantitative estimate of drug-likeness (QED) is 0.333. The second kappa shape index (κ2) is 11.3. The number of carbonyl (C=O) groups excluding carboxylic acids is 1. The smallest absolute Gasteiger partial charge is 0.355 e. The molecule has 4 atom stereocenters. The molecule has 0 aliphatic heterocycles. The fourth-order valence-electron chi connectivity index (χ4n) is 3.59. The standard InChI is InChI=1S/C22H33NO4S2/c1-4-15(2)9-12-22(3,27)11-5-6-16-7-8-19(24)17(16)10-13-28-21-23-18(14-29-21)20(25)26/h5-6,14-17,27H,4,7-13H2,1-3H3,(H,25,26). The molecule has 0 aromatic carbocycles. The van der Waals surface area contributed by atoms with Crippen molar-refractivity contribution >= 4 is 34.9 Å². The Balaban J connectivity index is 1.81. The molecule has 0 spiro atoms. The van der Waals surface area contributed by atoms with Gasteiger partial charge in [0.1, 0.15) is 5.78 Å². The van der Waals surface area contributed by atoms with Gasteiger partial charge in [0.25, 0.3) is 0 Å². The number of thiazole rings is 1. The minimum Gasteiger partial charge on any atom is -0.476 e. The average molecular weight is 440 g/mol. The molecule has 162 valence electrons. The molecule has 29 heavy (non-hydrogen) atoms. The molecule has 1 aromatic heterocycles. The number of ketones is 1. The van der Waals surface area contributed by atoms with E-state index in [4.69, 9.17) is 5.11 Å². The van der Waals surface area contributed by atoms with Gasteiger partial charge >= 0.3 is 5.97 Å². The summed E-state index contributed by atoms with van der Waals surface area (Å²) in [4.78, 5) is 27.3. The Hall–Kier alpha value is -1.18. The Kier molecular flexibility index (Phi) is 9.37. The van der Waals surface area contributed by atoms with Gasteiger partial charge in [-0.3, -0.25) is 4.79 Å². The van der Waals surface area contributed by atoms with Crippen LogP contribution in [0.1, 0.15) is 76.2 Å². The zero-order chi connectivity index (χ0) is 21.4. The summed E-state index contributed by atoms with van der Waals surface area (Å²) in [7, 11) is 0. The van der Waals surface area contributed by atoms with Gasteiger partial charge in [0.2, 0.25) is 0 Å². The number of carboxylic acid groups (broad SMARTS) is 1. The number of carboxylic acids is 1. The van der Waals surface area contributed by atoms with E-state index < -0.39 is 11.6 Å². The van der Waals surface area contributed by atoms with Crippen LogP contribution in [0, 0.1) is 17.8 Å². The number of aliphatic hydroxyl groups is 1. The maximum absolute atomic E-state index is 12.3. The number of rotatable bonds is 12. The molecule has 0 amide bonds. The van der Waals surface area contributed by atoms with Crippen LogP contribution in [0.15, 0.2) is 21.9 Å². The van der Waals surface area contributed by atoms with E-state index in [0.29, 0.717) is 24.5 Å². The van der Waals surface area contributed by atoms with Crippen molar-refractivity contribution in [2.75, 3.05) is 5.75 Å². The number of aromatic nitrogens is 1. The van der Waals surface area contributed by atoms with Crippen molar-refractivity contribution in [2.45, 2.75) is 75.7 Å². The highest BCUT2D eigenvalue weighted by Gasteiger charge is 2.32. The Labute approximate surface area is 182 Å². The number of thioether (sulfide) groups is 1. The first-order valence-corrected chi connectivity index (χ1v) is 12.3. The van der Waals surface area contributed by atoms with E-state index in [0.717, 1.165) is 42.2 Å². The number of Topliss-reactive ketones (excluding diaryl/α,β-unsaturated/α-hetero) is 1. The number of nitrogens with zero attached hydrogens (tertiary/aromatic N) is 1. The SMILES string of the molecule is CCC(C)CCC(C)(O)CC=CC1CCC(=O)C1CCSc1nc(C(=O)O)cs1. The van der Waals surface area contributed by atoms with Gasteiger partial charge in [-0.15, -0.1) is 11.3 Å². The van der Waals surface area contributed by atoms with E-state index in [9.17, 15) is 14.7 Å². The van der Waals surface area contributed by atoms with Crippen molar-refractivity contribution in [3.05, 3.63) is 23.2 Å². The first kappa shape index (κ1) is 24.1. The van der Waals surface area contributed by atoms with Crippen LogP contribution in [-0.4, -0.2) is 38.3 Å². The van der Waals surface area contributed by atoms with Crippen LogP contribution in [0.3, 0.4) is 0 Å². The van der Waals surface area contributed by atoms with Gasteiger partial charge in [-0.05, 0) is 50.9 Å². The van der Waals surface area contributed by atoms with Crippen molar-refractivity contribution in [3.8, 4) is 0 Å². The third-order valence-corrected chi connectivity index (χ3v) is 7.88. The Morgan fingerprint density at radius 1 is 1.52 bits per heavy atom. The van der Waals surface area contributed by atoms with E-state index in [1.165, 1.54) is 23.1 Å². The predicted molar refractivity (Wildman–Crippen MR) is 119 cm³/mol. The lowest BCUT2D eigenvalue weighted by Gasteiger charge is -2.23. The van der Waals surface area contributed by atoms with Crippen LogP contribution >= 0.6 is 23.1 Å². The van der Waals surface area contributed by atoms with Crippen LogP contribution in [0.5, 0.6) is 0 Å². The monoisotopic (exact) mass is 439 g/mol. The van der Waals surface area contributed by atoms with Crippen molar-refractivity contribution < 1.29 is 19.8 Å². The highest BCUT2D eigenvalue weighted by Crippen LogP contribution is 2.35. The van der Waals surface area contributed by atoms with E-state index in [2.05, 4.69) is 31.0 Å². The summed E-state index contributed by atoms with van der Waals surface area (Å²) in [6.45, 7) is 6.29. The normalized spacial score (nSPS) is 22.8. The van der Waals surface area contributed by atoms with Crippen molar-refractivity contribution in [3.63, 3.8) is 0 Å². The zero-order valence-corrected chi connectivity index (χ0v) is 19.2. The summed E-state index contributed by atoms with van der Waals surface area (Å²) in [6.07, 6.45) is 10.0. The Morgan fingerprint density at radius 2 is 2.28 bits per heavy atom. The summed E-state index contributed by atoms with van der Waals surface area (Å²) in [6, 6.07) is 0. The summed E-state index contributed by atoms with van der Waals surface area (Å²) >= 11 is 2.85. The molecule has 1 aliphatic rings. The summed E-state index contributed by atoms with van der Waals surface area (Å²) in [5.41, 5.74) is -0.615. The van der Waals surface area contributed by atoms with E-state index in [1.807, 2.05) is 6.92 Å². The molecule has 2 N–H and O–H groups in total. The Bertz CT molecular complexity index is 713. The van der Waals surface area contributed by atoms with Gasteiger partial charge in [-0.25, -0.2) is 9.78 Å². The molecular formula is C22H33NO4S2. The van der Waals surface area contributed by atoms with Crippen LogP contribution in [-0.2, 0) is 4.79 Å². The van der Waals surface area contributed by atoms with Gasteiger partial charge in [0, 0.05) is 23.5 Å². The lowest BCUT2D eigenvalue weighted by atomic mass is 9.88. The molecule has 4 unspecified atom stereocenters. The molecule has 1 heterocycles. The lowest BCUT2D eigenvalue weighted by molar-refractivity contribution is -0.121. The number of aromatic carboxylic acids is 1. The highest BCUT2D eigenvalue weighted by molar-refractivity contribution is 8.01. The third-order valence-electron chi connectivity index (χ3n) is 5.82. The predicted octanol–water partition coefficient (Wildman–Crippen LogP) is 5.44. The molecule has 0 saturated heterocycles. The van der Waals surface area contributed by atoms with Crippen molar-refractivity contribution in [1.82, 2.24) is 4.98 Å². The molecule has 1 aromatic rings. The number of carbonyl (C=O) groups is 2. The molecule has 1 saturated carbocycles. The van der Waals surface area contributed by atoms with E-state index in [-0.39, 0.29) is 17.5 Å². The van der Waals surface area contributed by atoms with E-state index in [1.54, 1.807) is 5.38 Å². The molecule has 0 radical (unpaired) electrons. The summed E-state index contributed by atoms with van der Waals surface area (Å²) in [5.74, 6) is 0.935. The van der Waals surface area contributed by atoms with Crippen molar-refractivity contribution in [2.24, 2.45) is 17.8 Å². The fourth-order valence-corrected chi connectivity index (χ4v) is 5.49. The second-order valence-electron chi connectivity index (χ2n) is 8.40. The van der Waals surface area contributed by atoms with Gasteiger partial charge in [0.15, 0.2) is 10.0 Å². The minimum absolute atomic E-state index is 0.0164. The fraction of sp³-hybridized carbons (Fsp3) is 0.682. The third kappa shape index (κ3) is 7.87. The molecule has 1 fully saturated rings. The summed E-state index contributed by atoms with van der Waals surface area (Å²) in [5, 5.41) is 21.1. The molecule has 2 rings (SSSR count). The van der Waals surface area contributed by atoms with Crippen molar-refractivity contribution in [1.29, 1.82) is 0 Å². The molecular weight excluding hydrogens is 406 g/mol. The minimum atomic E-state index is -1.01. The van der Waals surface area contributed by atoms with Gasteiger partial charge in [-0.1, -0.05) is 44.2 Å². The molecule has 5 nitrogen and oxygen atoms in total. The largest absolute Gasteiger partial charge is 0.476 e. The van der Waals surface area contributed by atoms with Crippen LogP contribution in [0.2, 0.25) is 0 Å². The van der Waals surface area contributed by atoms with Crippen LogP contribution in [0.25, 0.3) is 0 Å². The molecule has 0 bridgehead atoms. The van der Waals surface area contributed by atoms with Gasteiger partial charge < -0.3 is 10.2 Å². The van der Waals surface area contributed by atoms with Crippen LogP contribution in [0.4, 0.5) is 0 Å². The number of allylic oxidation sites excluding steroid dienone is 1. The number of hydrogen-bond acceptors (Lipinski definition) is 6. The average Bonchev–Trinajstić information content (AvgIpc) is 3.28. The van der Waals surface area contributed by atoms with Crippen LogP contribution < -0.4 is 0 Å². The first-order chi connectivity index (χ1) is 13.7. The van der Waals surface area contributed by atoms with Gasteiger partial charge in [-0.2, -0.15) is 0 Å². The molecule has 7 heteroatoms. The topological polar surface area (TPSA) is 87.5 Å². The first-order valence-electron chi connectivity index (χ1n) is 10.4. The van der Waals surface area contributed by atoms with Gasteiger partial charge in [0.05, 0.1) is 5.60 Å². The lowest BCUT2D eigenvalue weighted by Crippen LogP contribution is -2.24. The highest BCUT2D eigenvalue weighted by atomic mass is 32.2. The summed E-state index contributed by atoms with van der Waals surface area (Å²) < 4.78 is 0.734. The maximum Gasteiger partial charge on any atom is 0.355 e. The second-order valence-corrected chi connectivity index (χ2v) is 10.6. The van der Waals surface area contributed by atoms with E-state index >= 15 is 0 Å². The Morgan fingerprint density at radius 3 is 2.93 bits per heavy atom.